The molecule has 6 heteroatoms. The van der Waals surface area contributed by atoms with Crippen LogP contribution >= 0.6 is 11.3 Å². The Hall–Kier alpha value is -1.66. The summed E-state index contributed by atoms with van der Waals surface area (Å²) in [6.07, 6.45) is 0. The van der Waals surface area contributed by atoms with E-state index in [-0.39, 0.29) is 5.82 Å². The summed E-state index contributed by atoms with van der Waals surface area (Å²) < 4.78 is 13.8. The molecule has 0 unspecified atom stereocenters. The highest BCUT2D eigenvalue weighted by Crippen LogP contribution is 2.24. The Bertz CT molecular complexity index is 578. The highest BCUT2D eigenvalue weighted by molar-refractivity contribution is 7.13. The standard InChI is InChI=1S/C14H17FN4S/c15-12-3-1-2-4-13(12)18-5-7-19(8-6-18)14-17-11(9-16)10-20-14/h1-4,10H,5-9,16H2. The lowest BCUT2D eigenvalue weighted by atomic mass is 10.2. The van der Waals surface area contributed by atoms with E-state index >= 15 is 0 Å². The molecule has 2 aromatic rings. The summed E-state index contributed by atoms with van der Waals surface area (Å²) in [5.74, 6) is -0.152. The zero-order chi connectivity index (χ0) is 13.9. The van der Waals surface area contributed by atoms with Crippen LogP contribution in [0.2, 0.25) is 0 Å². The number of para-hydroxylation sites is 1. The number of nitrogens with two attached hydrogens (primary N) is 1. The van der Waals surface area contributed by atoms with Gasteiger partial charge in [0.05, 0.1) is 11.4 Å². The van der Waals surface area contributed by atoms with Gasteiger partial charge in [0.25, 0.3) is 0 Å². The van der Waals surface area contributed by atoms with Crippen molar-refractivity contribution in [3.8, 4) is 0 Å². The number of benzene rings is 1. The number of halogens is 1. The molecule has 1 aromatic heterocycles. The molecule has 0 bridgehead atoms. The molecular weight excluding hydrogens is 275 g/mol. The first-order valence-corrected chi connectivity index (χ1v) is 7.55. The maximum absolute atomic E-state index is 13.8. The molecule has 3 rings (SSSR count). The molecule has 1 saturated heterocycles. The van der Waals surface area contributed by atoms with Crippen LogP contribution in [0.1, 0.15) is 5.69 Å². The molecule has 2 N–H and O–H groups in total. The third-order valence-electron chi connectivity index (χ3n) is 3.49. The largest absolute Gasteiger partial charge is 0.366 e. The van der Waals surface area contributed by atoms with Crippen molar-refractivity contribution in [1.29, 1.82) is 0 Å². The predicted molar refractivity (Wildman–Crippen MR) is 80.8 cm³/mol. The molecule has 0 saturated carbocycles. The quantitative estimate of drug-likeness (QED) is 0.940. The maximum Gasteiger partial charge on any atom is 0.185 e. The average Bonchev–Trinajstić information content (AvgIpc) is 2.97. The molecule has 1 aliphatic rings. The number of rotatable bonds is 3. The Morgan fingerprint density at radius 1 is 1.15 bits per heavy atom. The number of hydrogen-bond donors (Lipinski definition) is 1. The fraction of sp³-hybridized carbons (Fsp3) is 0.357. The van der Waals surface area contributed by atoms with Gasteiger partial charge in [-0.25, -0.2) is 9.37 Å². The van der Waals surface area contributed by atoms with Gasteiger partial charge < -0.3 is 15.5 Å². The Labute approximate surface area is 121 Å². The number of thiazole rings is 1. The number of nitrogens with zero attached hydrogens (tertiary/aromatic N) is 3. The molecule has 0 radical (unpaired) electrons. The lowest BCUT2D eigenvalue weighted by molar-refractivity contribution is 0.597. The van der Waals surface area contributed by atoms with E-state index in [9.17, 15) is 4.39 Å². The second-order valence-electron chi connectivity index (χ2n) is 4.75. The first kappa shape index (κ1) is 13.3. The van der Waals surface area contributed by atoms with Crippen molar-refractivity contribution < 1.29 is 4.39 Å². The molecule has 2 heterocycles. The molecule has 1 fully saturated rings. The monoisotopic (exact) mass is 292 g/mol. The molecule has 1 aromatic carbocycles. The normalized spacial score (nSPS) is 15.7. The second-order valence-corrected chi connectivity index (χ2v) is 5.59. The van der Waals surface area contributed by atoms with Crippen molar-refractivity contribution in [2.45, 2.75) is 6.54 Å². The van der Waals surface area contributed by atoms with Crippen molar-refractivity contribution in [3.63, 3.8) is 0 Å². The number of piperazine rings is 1. The van der Waals surface area contributed by atoms with E-state index in [4.69, 9.17) is 5.73 Å². The van der Waals surface area contributed by atoms with Gasteiger partial charge in [-0.15, -0.1) is 11.3 Å². The third kappa shape index (κ3) is 2.62. The van der Waals surface area contributed by atoms with Crippen molar-refractivity contribution in [2.75, 3.05) is 36.0 Å². The Morgan fingerprint density at radius 3 is 2.50 bits per heavy atom. The fourth-order valence-electron chi connectivity index (χ4n) is 2.38. The van der Waals surface area contributed by atoms with Crippen LogP contribution in [0, 0.1) is 5.82 Å². The topological polar surface area (TPSA) is 45.4 Å². The smallest absolute Gasteiger partial charge is 0.185 e. The molecule has 0 aliphatic carbocycles. The van der Waals surface area contributed by atoms with E-state index < -0.39 is 0 Å². The van der Waals surface area contributed by atoms with E-state index in [1.54, 1.807) is 17.4 Å². The Morgan fingerprint density at radius 2 is 1.85 bits per heavy atom. The summed E-state index contributed by atoms with van der Waals surface area (Å²) in [4.78, 5) is 8.82. The van der Waals surface area contributed by atoms with E-state index in [1.807, 2.05) is 17.5 Å². The summed E-state index contributed by atoms with van der Waals surface area (Å²) in [5.41, 5.74) is 7.20. The van der Waals surface area contributed by atoms with Crippen LogP contribution in [-0.2, 0) is 6.54 Å². The van der Waals surface area contributed by atoms with Crippen molar-refractivity contribution >= 4 is 22.2 Å². The lowest BCUT2D eigenvalue weighted by Crippen LogP contribution is -2.46. The summed E-state index contributed by atoms with van der Waals surface area (Å²) in [6.45, 7) is 3.79. The highest BCUT2D eigenvalue weighted by atomic mass is 32.1. The number of anilines is 2. The predicted octanol–water partition coefficient (Wildman–Crippen LogP) is 2.07. The van der Waals surface area contributed by atoms with Crippen molar-refractivity contribution in [1.82, 2.24) is 4.98 Å². The summed E-state index contributed by atoms with van der Waals surface area (Å²) in [7, 11) is 0. The number of hydrogen-bond acceptors (Lipinski definition) is 5. The summed E-state index contributed by atoms with van der Waals surface area (Å²) >= 11 is 1.62. The zero-order valence-corrected chi connectivity index (χ0v) is 11.9. The zero-order valence-electron chi connectivity index (χ0n) is 11.1. The van der Waals surface area contributed by atoms with Crippen LogP contribution in [0.25, 0.3) is 0 Å². The molecule has 4 nitrogen and oxygen atoms in total. The summed E-state index contributed by atoms with van der Waals surface area (Å²) in [5, 5.41) is 3.01. The minimum atomic E-state index is -0.152. The van der Waals surface area contributed by atoms with Gasteiger partial charge in [0.2, 0.25) is 0 Å². The van der Waals surface area contributed by atoms with Gasteiger partial charge in [0.15, 0.2) is 5.13 Å². The van der Waals surface area contributed by atoms with Crippen LogP contribution < -0.4 is 15.5 Å². The molecule has 20 heavy (non-hydrogen) atoms. The Kier molecular flexibility index (Phi) is 3.84. The minimum Gasteiger partial charge on any atom is -0.366 e. The summed E-state index contributed by atoms with van der Waals surface area (Å²) in [6, 6.07) is 6.94. The molecule has 0 amide bonds. The van der Waals surface area contributed by atoms with E-state index in [0.29, 0.717) is 12.2 Å². The first-order chi connectivity index (χ1) is 9.78. The molecule has 106 valence electrons. The molecule has 0 spiro atoms. The fourth-order valence-corrected chi connectivity index (χ4v) is 3.27. The van der Waals surface area contributed by atoms with E-state index in [2.05, 4.69) is 14.8 Å². The van der Waals surface area contributed by atoms with Gasteiger partial charge in [-0.05, 0) is 12.1 Å². The van der Waals surface area contributed by atoms with Gasteiger partial charge in [0, 0.05) is 38.1 Å². The lowest BCUT2D eigenvalue weighted by Gasteiger charge is -2.36. The molecular formula is C14H17FN4S. The SMILES string of the molecule is NCc1csc(N2CCN(c3ccccc3F)CC2)n1. The highest BCUT2D eigenvalue weighted by Gasteiger charge is 2.21. The Balaban J connectivity index is 1.66. The van der Waals surface area contributed by atoms with Crippen molar-refractivity contribution in [2.24, 2.45) is 5.73 Å². The van der Waals surface area contributed by atoms with E-state index in [1.165, 1.54) is 6.07 Å². The maximum atomic E-state index is 13.8. The van der Waals surface area contributed by atoms with Gasteiger partial charge in [-0.2, -0.15) is 0 Å². The van der Waals surface area contributed by atoms with Crippen molar-refractivity contribution in [3.05, 3.63) is 41.2 Å². The first-order valence-electron chi connectivity index (χ1n) is 6.67. The molecule has 1 aliphatic heterocycles. The van der Waals surface area contributed by atoms with Gasteiger partial charge >= 0.3 is 0 Å². The van der Waals surface area contributed by atoms with Crippen LogP contribution in [0.5, 0.6) is 0 Å². The van der Waals surface area contributed by atoms with Crippen LogP contribution in [0.4, 0.5) is 15.2 Å². The third-order valence-corrected chi connectivity index (χ3v) is 4.44. The van der Waals surface area contributed by atoms with Crippen LogP contribution in [0.15, 0.2) is 29.6 Å². The molecule has 0 atom stereocenters. The van der Waals surface area contributed by atoms with E-state index in [0.717, 1.165) is 37.0 Å². The van der Waals surface area contributed by atoms with Crippen LogP contribution in [-0.4, -0.2) is 31.2 Å². The van der Waals surface area contributed by atoms with Gasteiger partial charge in [-0.1, -0.05) is 12.1 Å². The van der Waals surface area contributed by atoms with Crippen LogP contribution in [0.3, 0.4) is 0 Å². The number of aromatic nitrogens is 1. The minimum absolute atomic E-state index is 0.152. The van der Waals surface area contributed by atoms with Gasteiger partial charge in [0.1, 0.15) is 5.82 Å². The second kappa shape index (κ2) is 5.76. The average molecular weight is 292 g/mol. The van der Waals surface area contributed by atoms with Gasteiger partial charge in [-0.3, -0.25) is 0 Å².